The molecule has 1 saturated heterocycles. The molecule has 4 rings (SSSR count). The summed E-state index contributed by atoms with van der Waals surface area (Å²) in [6, 6.07) is 20.7. The number of phenolic OH excluding ortho intramolecular Hbond substituents is 1. The molecular formula is C24H23N3O5S. The first-order valence-corrected chi connectivity index (χ1v) is 11.9. The van der Waals surface area contributed by atoms with E-state index in [4.69, 9.17) is 0 Å². The van der Waals surface area contributed by atoms with Gasteiger partial charge < -0.3 is 14.9 Å². The van der Waals surface area contributed by atoms with E-state index in [1.54, 1.807) is 58.3 Å². The van der Waals surface area contributed by atoms with Gasteiger partial charge >= 0.3 is 0 Å². The summed E-state index contributed by atoms with van der Waals surface area (Å²) >= 11 is 0. The zero-order valence-corrected chi connectivity index (χ0v) is 18.5. The highest BCUT2D eigenvalue weighted by atomic mass is 32.2. The predicted octanol–water partition coefficient (Wildman–Crippen LogP) is 2.79. The predicted molar refractivity (Wildman–Crippen MR) is 124 cm³/mol. The number of rotatable bonds is 5. The molecule has 1 heterocycles. The molecule has 0 spiro atoms. The number of aromatic hydroxyl groups is 1. The third-order valence-corrected chi connectivity index (χ3v) is 6.82. The number of hydrogen-bond acceptors (Lipinski definition) is 5. The number of benzene rings is 3. The molecule has 2 N–H and O–H groups in total. The summed E-state index contributed by atoms with van der Waals surface area (Å²) in [7, 11) is -3.77. The smallest absolute Gasteiger partial charge is 0.261 e. The number of nitrogens with zero attached hydrogens (tertiary/aromatic N) is 2. The quantitative estimate of drug-likeness (QED) is 0.603. The average Bonchev–Trinajstić information content (AvgIpc) is 2.84. The van der Waals surface area contributed by atoms with Gasteiger partial charge in [-0.2, -0.15) is 0 Å². The van der Waals surface area contributed by atoms with Crippen LogP contribution in [0.15, 0.2) is 83.8 Å². The van der Waals surface area contributed by atoms with Crippen LogP contribution in [-0.2, 0) is 10.0 Å². The summed E-state index contributed by atoms with van der Waals surface area (Å²) in [6.07, 6.45) is 0. The average molecular weight is 466 g/mol. The van der Waals surface area contributed by atoms with Gasteiger partial charge in [-0.1, -0.05) is 30.3 Å². The standard InChI is InChI=1S/C24H23N3O5S/c28-22-9-5-4-8-21(22)24(30)27-16-14-26(15-17-27)23(29)18-10-12-20(13-11-18)33(31,32)25-19-6-2-1-3-7-19/h1-13,25,28H,14-17H2. The van der Waals surface area contributed by atoms with E-state index in [0.29, 0.717) is 37.4 Å². The molecule has 0 aliphatic carbocycles. The highest BCUT2D eigenvalue weighted by molar-refractivity contribution is 7.92. The Bertz CT molecular complexity index is 1250. The highest BCUT2D eigenvalue weighted by Gasteiger charge is 2.27. The summed E-state index contributed by atoms with van der Waals surface area (Å²) in [5, 5.41) is 9.90. The molecule has 0 bridgehead atoms. The molecule has 170 valence electrons. The maximum absolute atomic E-state index is 12.9. The molecule has 0 unspecified atom stereocenters. The van der Waals surface area contributed by atoms with Crippen molar-refractivity contribution in [3.05, 3.63) is 90.0 Å². The Morgan fingerprint density at radius 1 is 0.727 bits per heavy atom. The molecule has 2 amide bonds. The topological polar surface area (TPSA) is 107 Å². The Balaban J connectivity index is 1.38. The number of carbonyl (C=O) groups excluding carboxylic acids is 2. The summed E-state index contributed by atoms with van der Waals surface area (Å²) < 4.78 is 27.6. The summed E-state index contributed by atoms with van der Waals surface area (Å²) in [6.45, 7) is 1.36. The monoisotopic (exact) mass is 465 g/mol. The fourth-order valence-corrected chi connectivity index (χ4v) is 4.68. The van der Waals surface area contributed by atoms with E-state index in [0.717, 1.165) is 0 Å². The number of nitrogens with one attached hydrogen (secondary N) is 1. The lowest BCUT2D eigenvalue weighted by Gasteiger charge is -2.35. The van der Waals surface area contributed by atoms with E-state index in [-0.39, 0.29) is 28.0 Å². The largest absolute Gasteiger partial charge is 0.507 e. The number of piperazine rings is 1. The Labute approximate surface area is 192 Å². The van der Waals surface area contributed by atoms with Crippen LogP contribution in [0.3, 0.4) is 0 Å². The number of amides is 2. The van der Waals surface area contributed by atoms with Crippen molar-refractivity contribution in [2.45, 2.75) is 4.90 Å². The molecule has 0 aromatic heterocycles. The van der Waals surface area contributed by atoms with Gasteiger partial charge in [0.1, 0.15) is 5.75 Å². The van der Waals surface area contributed by atoms with Crippen LogP contribution in [0.4, 0.5) is 5.69 Å². The Kier molecular flexibility index (Phi) is 6.32. The highest BCUT2D eigenvalue weighted by Crippen LogP contribution is 2.20. The van der Waals surface area contributed by atoms with E-state index >= 15 is 0 Å². The fraction of sp³-hybridized carbons (Fsp3) is 0.167. The molecule has 1 fully saturated rings. The van der Waals surface area contributed by atoms with E-state index in [1.807, 2.05) is 0 Å². The van der Waals surface area contributed by atoms with Crippen molar-refractivity contribution in [1.82, 2.24) is 9.80 Å². The molecule has 0 atom stereocenters. The minimum Gasteiger partial charge on any atom is -0.507 e. The van der Waals surface area contributed by atoms with Crippen LogP contribution < -0.4 is 4.72 Å². The number of para-hydroxylation sites is 2. The van der Waals surface area contributed by atoms with E-state index < -0.39 is 10.0 Å². The first-order valence-electron chi connectivity index (χ1n) is 10.4. The van der Waals surface area contributed by atoms with Gasteiger partial charge in [-0.15, -0.1) is 0 Å². The van der Waals surface area contributed by atoms with Gasteiger partial charge in [0.05, 0.1) is 10.5 Å². The molecule has 0 radical (unpaired) electrons. The molecule has 1 aliphatic rings. The molecule has 3 aromatic rings. The second kappa shape index (κ2) is 9.33. The summed E-state index contributed by atoms with van der Waals surface area (Å²) in [5.41, 5.74) is 1.06. The van der Waals surface area contributed by atoms with Crippen molar-refractivity contribution < 1.29 is 23.1 Å². The molecule has 33 heavy (non-hydrogen) atoms. The van der Waals surface area contributed by atoms with Gasteiger partial charge in [0, 0.05) is 37.4 Å². The lowest BCUT2D eigenvalue weighted by molar-refractivity contribution is 0.0533. The minimum absolute atomic E-state index is 0.0565. The molecular weight excluding hydrogens is 442 g/mol. The lowest BCUT2D eigenvalue weighted by atomic mass is 10.1. The van der Waals surface area contributed by atoms with Gasteiger partial charge in [-0.3, -0.25) is 14.3 Å². The number of phenols is 1. The van der Waals surface area contributed by atoms with Gasteiger partial charge in [-0.05, 0) is 48.5 Å². The maximum Gasteiger partial charge on any atom is 0.261 e. The van der Waals surface area contributed by atoms with Crippen LogP contribution >= 0.6 is 0 Å². The minimum atomic E-state index is -3.77. The molecule has 1 aliphatic heterocycles. The van der Waals surface area contributed by atoms with Crippen LogP contribution in [0, 0.1) is 0 Å². The second-order valence-corrected chi connectivity index (χ2v) is 9.28. The lowest BCUT2D eigenvalue weighted by Crippen LogP contribution is -2.50. The van der Waals surface area contributed by atoms with Crippen LogP contribution in [0.25, 0.3) is 0 Å². The number of sulfonamides is 1. The van der Waals surface area contributed by atoms with Crippen LogP contribution in [0.2, 0.25) is 0 Å². The van der Waals surface area contributed by atoms with Crippen LogP contribution in [0.5, 0.6) is 5.75 Å². The normalized spacial score (nSPS) is 14.1. The first kappa shape index (κ1) is 22.3. The van der Waals surface area contributed by atoms with Gasteiger partial charge in [0.15, 0.2) is 0 Å². The van der Waals surface area contributed by atoms with Gasteiger partial charge in [-0.25, -0.2) is 8.42 Å². The van der Waals surface area contributed by atoms with Crippen molar-refractivity contribution >= 4 is 27.5 Å². The Hall–Kier alpha value is -3.85. The van der Waals surface area contributed by atoms with Crippen molar-refractivity contribution in [3.8, 4) is 5.75 Å². The molecule has 9 heteroatoms. The zero-order chi connectivity index (χ0) is 23.4. The first-order chi connectivity index (χ1) is 15.8. The number of carbonyl (C=O) groups is 2. The van der Waals surface area contributed by atoms with Gasteiger partial charge in [0.2, 0.25) is 0 Å². The number of anilines is 1. The third-order valence-electron chi connectivity index (χ3n) is 5.43. The fourth-order valence-electron chi connectivity index (χ4n) is 3.62. The van der Waals surface area contributed by atoms with E-state index in [9.17, 15) is 23.1 Å². The SMILES string of the molecule is O=C(c1ccc(S(=O)(=O)Nc2ccccc2)cc1)N1CCN(C(=O)c2ccccc2O)CC1. The van der Waals surface area contributed by atoms with Gasteiger partial charge in [0.25, 0.3) is 21.8 Å². The Morgan fingerprint density at radius 3 is 1.88 bits per heavy atom. The summed E-state index contributed by atoms with van der Waals surface area (Å²) in [4.78, 5) is 28.8. The van der Waals surface area contributed by atoms with Crippen molar-refractivity contribution in [1.29, 1.82) is 0 Å². The third kappa shape index (κ3) is 4.98. The zero-order valence-electron chi connectivity index (χ0n) is 17.7. The van der Waals surface area contributed by atoms with Crippen LogP contribution in [-0.4, -0.2) is 61.3 Å². The van der Waals surface area contributed by atoms with Crippen LogP contribution in [0.1, 0.15) is 20.7 Å². The van der Waals surface area contributed by atoms with Crippen molar-refractivity contribution in [2.24, 2.45) is 0 Å². The molecule has 3 aromatic carbocycles. The van der Waals surface area contributed by atoms with E-state index in [2.05, 4.69) is 4.72 Å². The maximum atomic E-state index is 12.9. The van der Waals surface area contributed by atoms with E-state index in [1.165, 1.54) is 30.3 Å². The van der Waals surface area contributed by atoms with Crippen molar-refractivity contribution in [2.75, 3.05) is 30.9 Å². The molecule has 8 nitrogen and oxygen atoms in total. The second-order valence-electron chi connectivity index (χ2n) is 7.60. The number of hydrogen-bond donors (Lipinski definition) is 2. The molecule has 0 saturated carbocycles. The Morgan fingerprint density at radius 2 is 1.27 bits per heavy atom. The van der Waals surface area contributed by atoms with Crippen molar-refractivity contribution in [3.63, 3.8) is 0 Å². The summed E-state index contributed by atoms with van der Waals surface area (Å²) in [5.74, 6) is -0.580.